The van der Waals surface area contributed by atoms with Crippen LogP contribution in [0.25, 0.3) is 0 Å². The first-order chi connectivity index (χ1) is 14.2. The summed E-state index contributed by atoms with van der Waals surface area (Å²) in [5.74, 6) is 0.978. The number of likely N-dealkylation sites (tertiary alicyclic amines) is 1. The van der Waals surface area contributed by atoms with Crippen molar-refractivity contribution < 1.29 is 9.53 Å². The summed E-state index contributed by atoms with van der Waals surface area (Å²) in [6.45, 7) is 4.20. The first-order valence-electron chi connectivity index (χ1n) is 11.0. The zero-order valence-electron chi connectivity index (χ0n) is 18.4. The van der Waals surface area contributed by atoms with Gasteiger partial charge in [0, 0.05) is 52.5 Å². The number of hydrogen-bond donors (Lipinski definition) is 2. The minimum atomic E-state index is 0. The quantitative estimate of drug-likeness (QED) is 0.306. The monoisotopic (exact) mass is 528 g/mol. The largest absolute Gasteiger partial charge is 0.385 e. The van der Waals surface area contributed by atoms with Crippen LogP contribution in [0.1, 0.15) is 60.9 Å². The molecule has 168 valence electrons. The Kier molecular flexibility index (Phi) is 10.4. The van der Waals surface area contributed by atoms with E-state index < -0.39 is 0 Å². The summed E-state index contributed by atoms with van der Waals surface area (Å²) < 4.78 is 5.28. The summed E-state index contributed by atoms with van der Waals surface area (Å²) in [6.07, 6.45) is 8.39. The van der Waals surface area contributed by atoms with Crippen LogP contribution in [0.5, 0.6) is 0 Å². The molecule has 1 amide bonds. The molecule has 1 aliphatic heterocycles. The molecule has 2 fully saturated rings. The van der Waals surface area contributed by atoms with Crippen molar-refractivity contribution >= 4 is 35.8 Å². The Hall–Kier alpha value is -1.35. The number of methoxy groups -OCH3 is 1. The molecule has 2 aliphatic rings. The van der Waals surface area contributed by atoms with Crippen LogP contribution in [0.2, 0.25) is 0 Å². The maximum absolute atomic E-state index is 12.6. The lowest BCUT2D eigenvalue weighted by atomic mass is 9.67. The summed E-state index contributed by atoms with van der Waals surface area (Å²) in [7, 11) is 3.57. The summed E-state index contributed by atoms with van der Waals surface area (Å²) in [5.41, 5.74) is 2.27. The number of halogens is 1. The van der Waals surface area contributed by atoms with Crippen molar-refractivity contribution in [3.05, 3.63) is 35.4 Å². The second-order valence-electron chi connectivity index (χ2n) is 8.43. The van der Waals surface area contributed by atoms with Crippen LogP contribution in [0.4, 0.5) is 0 Å². The van der Waals surface area contributed by atoms with Gasteiger partial charge in [0.25, 0.3) is 5.91 Å². The molecular weight excluding hydrogens is 491 g/mol. The van der Waals surface area contributed by atoms with Gasteiger partial charge in [-0.2, -0.15) is 0 Å². The van der Waals surface area contributed by atoms with Crippen molar-refractivity contribution in [2.45, 2.75) is 51.5 Å². The molecule has 3 rings (SSSR count). The van der Waals surface area contributed by atoms with Crippen LogP contribution in [0.15, 0.2) is 29.3 Å². The number of guanidine groups is 1. The molecule has 0 atom stereocenters. The van der Waals surface area contributed by atoms with Crippen LogP contribution < -0.4 is 10.6 Å². The Bertz CT molecular complexity index is 683. The first-order valence-corrected chi connectivity index (χ1v) is 11.0. The zero-order valence-corrected chi connectivity index (χ0v) is 20.7. The van der Waals surface area contributed by atoms with Gasteiger partial charge in [-0.3, -0.25) is 9.79 Å². The molecule has 0 unspecified atom stereocenters. The van der Waals surface area contributed by atoms with Gasteiger partial charge in [0.1, 0.15) is 0 Å². The molecule has 1 aromatic carbocycles. The molecule has 30 heavy (non-hydrogen) atoms. The van der Waals surface area contributed by atoms with E-state index in [1.165, 1.54) is 25.7 Å². The number of carbonyl (C=O) groups is 1. The fourth-order valence-electron chi connectivity index (χ4n) is 4.23. The van der Waals surface area contributed by atoms with E-state index in [-0.39, 0.29) is 29.9 Å². The molecule has 0 bridgehead atoms. The number of aliphatic imine (C=N–C) groups is 1. The SMILES string of the molecule is CN=C(NCc1ccc(C(=O)N2CCCCC2)cc1)NCC1(CCOC)CCC1.I. The molecule has 1 heterocycles. The summed E-state index contributed by atoms with van der Waals surface area (Å²) in [6, 6.07) is 7.95. The molecule has 1 saturated heterocycles. The Morgan fingerprint density at radius 1 is 1.10 bits per heavy atom. The average Bonchev–Trinajstić information content (AvgIpc) is 2.75. The highest BCUT2D eigenvalue weighted by Gasteiger charge is 2.36. The predicted molar refractivity (Wildman–Crippen MR) is 133 cm³/mol. The van der Waals surface area contributed by atoms with Crippen LogP contribution in [0.3, 0.4) is 0 Å². The van der Waals surface area contributed by atoms with Gasteiger partial charge >= 0.3 is 0 Å². The molecule has 7 heteroatoms. The maximum Gasteiger partial charge on any atom is 0.253 e. The number of hydrogen-bond acceptors (Lipinski definition) is 3. The highest BCUT2D eigenvalue weighted by Crippen LogP contribution is 2.43. The van der Waals surface area contributed by atoms with Gasteiger partial charge in [0.05, 0.1) is 0 Å². The first kappa shape index (κ1) is 24.9. The molecule has 6 nitrogen and oxygen atoms in total. The number of rotatable bonds is 8. The Morgan fingerprint density at radius 2 is 1.80 bits per heavy atom. The smallest absolute Gasteiger partial charge is 0.253 e. The van der Waals surface area contributed by atoms with Crippen LogP contribution >= 0.6 is 24.0 Å². The van der Waals surface area contributed by atoms with E-state index in [2.05, 4.69) is 15.6 Å². The maximum atomic E-state index is 12.6. The molecule has 0 aromatic heterocycles. The number of nitrogens with one attached hydrogen (secondary N) is 2. The van der Waals surface area contributed by atoms with Crippen LogP contribution in [0, 0.1) is 5.41 Å². The normalized spacial score (nSPS) is 18.2. The molecule has 0 spiro atoms. The van der Waals surface area contributed by atoms with E-state index in [0.717, 1.165) is 62.6 Å². The molecule has 1 aromatic rings. The lowest BCUT2D eigenvalue weighted by Gasteiger charge is -2.42. The Labute approximate surface area is 198 Å². The third-order valence-corrected chi connectivity index (χ3v) is 6.41. The molecule has 0 radical (unpaired) electrons. The van der Waals surface area contributed by atoms with Crippen molar-refractivity contribution in [3.63, 3.8) is 0 Å². The van der Waals surface area contributed by atoms with Crippen molar-refractivity contribution in [3.8, 4) is 0 Å². The van der Waals surface area contributed by atoms with Gasteiger partial charge in [-0.05, 0) is 61.6 Å². The number of piperidine rings is 1. The lowest BCUT2D eigenvalue weighted by molar-refractivity contribution is 0.0723. The summed E-state index contributed by atoms with van der Waals surface area (Å²) >= 11 is 0. The lowest BCUT2D eigenvalue weighted by Crippen LogP contribution is -2.46. The van der Waals surface area contributed by atoms with Gasteiger partial charge in [-0.1, -0.05) is 18.6 Å². The van der Waals surface area contributed by atoms with Crippen molar-refractivity contribution in [1.29, 1.82) is 0 Å². The van der Waals surface area contributed by atoms with Gasteiger partial charge in [0.2, 0.25) is 0 Å². The van der Waals surface area contributed by atoms with E-state index in [9.17, 15) is 4.79 Å². The third-order valence-electron chi connectivity index (χ3n) is 6.41. The number of ether oxygens (including phenoxy) is 1. The minimum absolute atomic E-state index is 0. The van der Waals surface area contributed by atoms with Gasteiger partial charge in [0.15, 0.2) is 5.96 Å². The van der Waals surface area contributed by atoms with E-state index in [4.69, 9.17) is 4.74 Å². The van der Waals surface area contributed by atoms with Crippen molar-refractivity contribution in [2.24, 2.45) is 10.4 Å². The third kappa shape index (κ3) is 6.83. The van der Waals surface area contributed by atoms with Crippen LogP contribution in [-0.2, 0) is 11.3 Å². The van der Waals surface area contributed by atoms with Gasteiger partial charge < -0.3 is 20.3 Å². The van der Waals surface area contributed by atoms with E-state index >= 15 is 0 Å². The van der Waals surface area contributed by atoms with Crippen molar-refractivity contribution in [1.82, 2.24) is 15.5 Å². The standard InChI is InChI=1S/C23H36N4O2.HI/c1-24-22(26-18-23(11-6-12-23)13-16-29-2)25-17-19-7-9-20(10-8-19)21(28)27-14-4-3-5-15-27;/h7-10H,3-6,11-18H2,1-2H3,(H2,24,25,26);1H. The Morgan fingerprint density at radius 3 is 2.37 bits per heavy atom. The van der Waals surface area contributed by atoms with Gasteiger partial charge in [-0.15, -0.1) is 24.0 Å². The fourth-order valence-corrected chi connectivity index (χ4v) is 4.23. The highest BCUT2D eigenvalue weighted by atomic mass is 127. The summed E-state index contributed by atoms with van der Waals surface area (Å²) in [5, 5.41) is 6.87. The highest BCUT2D eigenvalue weighted by molar-refractivity contribution is 14.0. The minimum Gasteiger partial charge on any atom is -0.385 e. The zero-order chi connectivity index (χ0) is 20.5. The van der Waals surface area contributed by atoms with Crippen LogP contribution in [-0.4, -0.2) is 57.2 Å². The average molecular weight is 528 g/mol. The topological polar surface area (TPSA) is 66.0 Å². The van der Waals surface area contributed by atoms with Crippen molar-refractivity contribution in [2.75, 3.05) is 40.4 Å². The van der Waals surface area contributed by atoms with E-state index in [1.54, 1.807) is 14.2 Å². The molecule has 1 saturated carbocycles. The fraction of sp³-hybridized carbons (Fsp3) is 0.652. The van der Waals surface area contributed by atoms with E-state index in [1.807, 2.05) is 29.2 Å². The molecular formula is C23H37IN4O2. The predicted octanol–water partition coefficient (Wildman–Crippen LogP) is 3.80. The number of nitrogens with zero attached hydrogens (tertiary/aromatic N) is 2. The number of carbonyl (C=O) groups excluding carboxylic acids is 1. The second kappa shape index (κ2) is 12.5. The van der Waals surface area contributed by atoms with Gasteiger partial charge in [-0.25, -0.2) is 0 Å². The van der Waals surface area contributed by atoms with E-state index in [0.29, 0.717) is 12.0 Å². The second-order valence-corrected chi connectivity index (χ2v) is 8.43. The Balaban J connectivity index is 0.00000320. The number of amides is 1. The molecule has 1 aliphatic carbocycles. The molecule has 2 N–H and O–H groups in total. The summed E-state index contributed by atoms with van der Waals surface area (Å²) in [4.78, 5) is 18.9. The number of benzene rings is 1.